The Morgan fingerprint density at radius 2 is 1.79 bits per heavy atom. The number of aliphatic imine (C=N–C) groups is 1. The number of nitrogens with zero attached hydrogens (tertiary/aromatic N) is 2. The van der Waals surface area contributed by atoms with Crippen molar-refractivity contribution in [2.75, 3.05) is 11.9 Å². The first kappa shape index (κ1) is 23.3. The lowest BCUT2D eigenvalue weighted by Gasteiger charge is -2.39. The molecule has 6 atom stereocenters. The Bertz CT molecular complexity index is 1100. The summed E-state index contributed by atoms with van der Waals surface area (Å²) in [6.07, 6.45) is -10.8. The maximum atomic E-state index is 13.2. The van der Waals surface area contributed by atoms with E-state index >= 15 is 0 Å². The summed E-state index contributed by atoms with van der Waals surface area (Å²) in [6, 6.07) is 13.9. The molecule has 33 heavy (non-hydrogen) atoms. The minimum absolute atomic E-state index is 0.372. The van der Waals surface area contributed by atoms with E-state index in [0.717, 1.165) is 0 Å². The zero-order chi connectivity index (χ0) is 23.9. The SMILES string of the molecule is CN1C(=O)[C@H](O[C@@H]2O[C@H](C(=O)O)[C@@H](O)[C@H](O)[C@H]2O)N=C(c2ccccc2)c2cc(Cl)ccc21. The van der Waals surface area contributed by atoms with Crippen LogP contribution in [-0.2, 0) is 19.1 Å². The van der Waals surface area contributed by atoms with Crippen LogP contribution in [-0.4, -0.2) is 82.0 Å². The van der Waals surface area contributed by atoms with Crippen molar-refractivity contribution in [3.8, 4) is 0 Å². The van der Waals surface area contributed by atoms with Gasteiger partial charge in [0.05, 0.1) is 11.4 Å². The Kier molecular flexibility index (Phi) is 6.48. The zero-order valence-electron chi connectivity index (χ0n) is 17.3. The van der Waals surface area contributed by atoms with Crippen molar-refractivity contribution in [1.29, 1.82) is 0 Å². The molecule has 1 saturated heterocycles. The largest absolute Gasteiger partial charge is 0.479 e. The molecule has 0 radical (unpaired) electrons. The molecule has 10 nitrogen and oxygen atoms in total. The molecule has 0 bridgehead atoms. The molecule has 2 aliphatic heterocycles. The Labute approximate surface area is 193 Å². The molecule has 1 fully saturated rings. The van der Waals surface area contributed by atoms with Crippen LogP contribution in [0.4, 0.5) is 5.69 Å². The summed E-state index contributed by atoms with van der Waals surface area (Å²) in [6.45, 7) is 0. The molecule has 174 valence electrons. The first-order chi connectivity index (χ1) is 15.7. The van der Waals surface area contributed by atoms with Gasteiger partial charge in [0.15, 0.2) is 12.4 Å². The number of carbonyl (C=O) groups excluding carboxylic acids is 1. The minimum Gasteiger partial charge on any atom is -0.479 e. The van der Waals surface area contributed by atoms with Gasteiger partial charge in [0.1, 0.15) is 18.3 Å². The summed E-state index contributed by atoms with van der Waals surface area (Å²) in [5.41, 5.74) is 2.08. The summed E-state index contributed by atoms with van der Waals surface area (Å²) in [7, 11) is 1.51. The van der Waals surface area contributed by atoms with Gasteiger partial charge in [0, 0.05) is 23.2 Å². The molecular weight excluding hydrogens is 456 g/mol. The molecule has 4 N–H and O–H groups in total. The van der Waals surface area contributed by atoms with Gasteiger partial charge in [0.2, 0.25) is 6.23 Å². The molecule has 2 aliphatic rings. The smallest absolute Gasteiger partial charge is 0.335 e. The highest BCUT2D eigenvalue weighted by molar-refractivity contribution is 6.32. The van der Waals surface area contributed by atoms with E-state index in [1.54, 1.807) is 42.5 Å². The highest BCUT2D eigenvalue weighted by atomic mass is 35.5. The van der Waals surface area contributed by atoms with Gasteiger partial charge in [-0.1, -0.05) is 41.9 Å². The van der Waals surface area contributed by atoms with Crippen molar-refractivity contribution in [3.05, 3.63) is 64.7 Å². The van der Waals surface area contributed by atoms with Crippen molar-refractivity contribution in [3.63, 3.8) is 0 Å². The van der Waals surface area contributed by atoms with E-state index in [1.807, 2.05) is 6.07 Å². The Morgan fingerprint density at radius 1 is 1.09 bits per heavy atom. The third-order valence-corrected chi connectivity index (χ3v) is 5.72. The lowest BCUT2D eigenvalue weighted by Crippen LogP contribution is -2.61. The first-order valence-electron chi connectivity index (χ1n) is 9.97. The molecule has 0 unspecified atom stereocenters. The number of carboxylic acids is 1. The molecular formula is C22H21ClN2O8. The second-order valence-electron chi connectivity index (χ2n) is 7.63. The van der Waals surface area contributed by atoms with Gasteiger partial charge in [-0.05, 0) is 18.2 Å². The predicted molar refractivity (Wildman–Crippen MR) is 116 cm³/mol. The molecule has 4 rings (SSSR count). The van der Waals surface area contributed by atoms with E-state index in [1.165, 1.54) is 11.9 Å². The van der Waals surface area contributed by atoms with E-state index in [4.69, 9.17) is 21.1 Å². The second-order valence-corrected chi connectivity index (χ2v) is 8.06. The maximum Gasteiger partial charge on any atom is 0.335 e. The third kappa shape index (κ3) is 4.36. The Hall–Kier alpha value is -2.86. The summed E-state index contributed by atoms with van der Waals surface area (Å²) in [4.78, 5) is 30.4. The number of benzene rings is 2. The summed E-state index contributed by atoms with van der Waals surface area (Å²) in [5.74, 6) is -2.20. The van der Waals surface area contributed by atoms with Gasteiger partial charge in [-0.15, -0.1) is 0 Å². The van der Waals surface area contributed by atoms with Crippen LogP contribution in [0.2, 0.25) is 5.02 Å². The molecule has 1 amide bonds. The molecule has 2 heterocycles. The quantitative estimate of drug-likeness (QED) is 0.495. The van der Waals surface area contributed by atoms with E-state index in [9.17, 15) is 30.0 Å². The average Bonchev–Trinajstić information content (AvgIpc) is 2.90. The fraction of sp³-hybridized carbons (Fsp3) is 0.318. The number of aliphatic carboxylic acids is 1. The van der Waals surface area contributed by atoms with Crippen LogP contribution >= 0.6 is 11.6 Å². The Morgan fingerprint density at radius 3 is 2.45 bits per heavy atom. The standard InChI is InChI=1S/C22H21ClN2O8/c1-25-13-8-7-11(23)9-12(13)14(10-5-3-2-4-6-10)24-19(20(25)29)33-22-17(28)15(26)16(27)18(32-22)21(30)31/h2-9,15-19,22,26-28H,1H3,(H,30,31)/t15-,16-,17+,18-,19-,22-/m0/s1. The van der Waals surface area contributed by atoms with Gasteiger partial charge in [-0.25, -0.2) is 9.79 Å². The molecule has 2 aromatic carbocycles. The normalized spacial score (nSPS) is 29.8. The second kappa shape index (κ2) is 9.18. The number of halogens is 1. The number of hydrogen-bond donors (Lipinski definition) is 4. The summed E-state index contributed by atoms with van der Waals surface area (Å²) < 4.78 is 10.8. The lowest BCUT2D eigenvalue weighted by atomic mass is 9.99. The van der Waals surface area contributed by atoms with Crippen LogP contribution in [0.3, 0.4) is 0 Å². The van der Waals surface area contributed by atoms with Crippen LogP contribution in [0, 0.1) is 0 Å². The van der Waals surface area contributed by atoms with Gasteiger partial charge >= 0.3 is 5.97 Å². The van der Waals surface area contributed by atoms with Crippen LogP contribution in [0.1, 0.15) is 11.1 Å². The highest BCUT2D eigenvalue weighted by Gasteiger charge is 2.49. The van der Waals surface area contributed by atoms with Crippen molar-refractivity contribution >= 4 is 34.9 Å². The fourth-order valence-electron chi connectivity index (χ4n) is 3.72. The average molecular weight is 477 g/mol. The van der Waals surface area contributed by atoms with E-state index < -0.39 is 48.8 Å². The number of benzodiazepines with no additional fused rings is 1. The highest BCUT2D eigenvalue weighted by Crippen LogP contribution is 2.32. The number of anilines is 1. The van der Waals surface area contributed by atoms with Gasteiger partial charge in [-0.2, -0.15) is 0 Å². The van der Waals surface area contributed by atoms with Crippen molar-refractivity contribution < 1.29 is 39.5 Å². The topological polar surface area (TPSA) is 149 Å². The maximum absolute atomic E-state index is 13.2. The number of rotatable bonds is 4. The number of likely N-dealkylation sites (N-methyl/N-ethyl adjacent to an activating group) is 1. The number of carboxylic acid groups (broad SMARTS) is 1. The monoisotopic (exact) mass is 476 g/mol. The number of aliphatic hydroxyl groups is 3. The number of fused-ring (bicyclic) bond motifs is 1. The lowest BCUT2D eigenvalue weighted by molar-refractivity contribution is -0.300. The number of aliphatic hydroxyl groups excluding tert-OH is 3. The first-order valence-corrected chi connectivity index (χ1v) is 10.4. The van der Waals surface area contributed by atoms with E-state index in [2.05, 4.69) is 4.99 Å². The van der Waals surface area contributed by atoms with E-state index in [-0.39, 0.29) is 0 Å². The number of amides is 1. The van der Waals surface area contributed by atoms with Gasteiger partial charge < -0.3 is 34.8 Å². The Balaban J connectivity index is 1.76. The predicted octanol–water partition coefficient (Wildman–Crippen LogP) is 0.389. The number of ether oxygens (including phenoxy) is 2. The summed E-state index contributed by atoms with van der Waals surface area (Å²) in [5, 5.41) is 40.0. The van der Waals surface area contributed by atoms with Crippen LogP contribution in [0.15, 0.2) is 53.5 Å². The zero-order valence-corrected chi connectivity index (χ0v) is 18.0. The molecule has 0 spiro atoms. The van der Waals surface area contributed by atoms with Crippen LogP contribution in [0.5, 0.6) is 0 Å². The molecule has 0 aromatic heterocycles. The number of hydrogen-bond acceptors (Lipinski definition) is 8. The molecule has 2 aromatic rings. The van der Waals surface area contributed by atoms with Crippen molar-refractivity contribution in [2.24, 2.45) is 4.99 Å². The van der Waals surface area contributed by atoms with Gasteiger partial charge in [-0.3, -0.25) is 4.79 Å². The third-order valence-electron chi connectivity index (χ3n) is 5.49. The van der Waals surface area contributed by atoms with Gasteiger partial charge in [0.25, 0.3) is 5.91 Å². The van der Waals surface area contributed by atoms with E-state index in [0.29, 0.717) is 27.5 Å². The van der Waals surface area contributed by atoms with Crippen LogP contribution in [0.25, 0.3) is 0 Å². The molecule has 0 saturated carbocycles. The summed E-state index contributed by atoms with van der Waals surface area (Å²) >= 11 is 6.20. The molecule has 11 heteroatoms. The minimum atomic E-state index is -1.89. The number of carbonyl (C=O) groups is 2. The fourth-order valence-corrected chi connectivity index (χ4v) is 3.90. The van der Waals surface area contributed by atoms with Crippen molar-refractivity contribution in [1.82, 2.24) is 0 Å². The van der Waals surface area contributed by atoms with Crippen LogP contribution < -0.4 is 4.90 Å². The van der Waals surface area contributed by atoms with Crippen molar-refractivity contribution in [2.45, 2.75) is 36.9 Å². The molecule has 0 aliphatic carbocycles.